The minimum atomic E-state index is -0.331. The number of halogens is 1. The fourth-order valence-corrected chi connectivity index (χ4v) is 2.52. The highest BCUT2D eigenvalue weighted by atomic mass is 35.5. The van der Waals surface area contributed by atoms with Crippen molar-refractivity contribution in [3.63, 3.8) is 0 Å². The first-order valence-corrected chi connectivity index (χ1v) is 8.59. The summed E-state index contributed by atoms with van der Waals surface area (Å²) < 4.78 is 0. The normalized spacial score (nSPS) is 10.1. The van der Waals surface area contributed by atoms with Crippen LogP contribution < -0.4 is 16.0 Å². The van der Waals surface area contributed by atoms with Crippen molar-refractivity contribution in [1.29, 1.82) is 0 Å². The number of rotatable bonds is 5. The van der Waals surface area contributed by atoms with Crippen molar-refractivity contribution in [1.82, 2.24) is 10.3 Å². The Morgan fingerprint density at radius 3 is 2.33 bits per heavy atom. The minimum Gasteiger partial charge on any atom is -0.334 e. The van der Waals surface area contributed by atoms with Crippen molar-refractivity contribution in [2.75, 3.05) is 10.6 Å². The number of anilines is 2. The molecule has 0 atom stereocenters. The lowest BCUT2D eigenvalue weighted by atomic mass is 10.2. The maximum absolute atomic E-state index is 12.3. The van der Waals surface area contributed by atoms with E-state index >= 15 is 0 Å². The summed E-state index contributed by atoms with van der Waals surface area (Å²) >= 11 is 5.91. The first-order valence-electron chi connectivity index (χ1n) is 8.21. The second kappa shape index (κ2) is 8.82. The molecule has 2 aromatic carbocycles. The van der Waals surface area contributed by atoms with Crippen molar-refractivity contribution in [3.05, 3.63) is 89.2 Å². The van der Waals surface area contributed by atoms with Gasteiger partial charge in [0.15, 0.2) is 0 Å². The molecule has 3 rings (SSSR count). The maximum Gasteiger partial charge on any atom is 0.319 e. The number of aromatic nitrogens is 1. The van der Waals surface area contributed by atoms with Gasteiger partial charge in [0.2, 0.25) is 0 Å². The lowest BCUT2D eigenvalue weighted by Crippen LogP contribution is -2.28. The number of hydrogen-bond acceptors (Lipinski definition) is 3. The number of amides is 3. The highest BCUT2D eigenvalue weighted by Gasteiger charge is 2.07. The quantitative estimate of drug-likeness (QED) is 0.616. The van der Waals surface area contributed by atoms with Gasteiger partial charge in [-0.25, -0.2) is 4.79 Å². The summed E-state index contributed by atoms with van der Waals surface area (Å²) in [6.07, 6.45) is 3.34. The van der Waals surface area contributed by atoms with Gasteiger partial charge in [-0.3, -0.25) is 9.78 Å². The first-order chi connectivity index (χ1) is 13.1. The predicted molar refractivity (Wildman–Crippen MR) is 106 cm³/mol. The largest absolute Gasteiger partial charge is 0.334 e. The number of urea groups is 1. The average Bonchev–Trinajstić information content (AvgIpc) is 2.68. The van der Waals surface area contributed by atoms with Gasteiger partial charge in [0, 0.05) is 40.9 Å². The molecule has 0 aliphatic rings. The van der Waals surface area contributed by atoms with Crippen molar-refractivity contribution in [2.45, 2.75) is 6.54 Å². The molecule has 0 radical (unpaired) electrons. The molecular weight excluding hydrogens is 364 g/mol. The molecule has 3 aromatic rings. The van der Waals surface area contributed by atoms with Gasteiger partial charge < -0.3 is 16.0 Å². The second-order valence-electron chi connectivity index (χ2n) is 5.70. The molecule has 27 heavy (non-hydrogen) atoms. The Hall–Kier alpha value is -3.38. The molecule has 0 saturated carbocycles. The summed E-state index contributed by atoms with van der Waals surface area (Å²) in [5.74, 6) is -0.258. The minimum absolute atomic E-state index is 0.258. The van der Waals surface area contributed by atoms with E-state index in [9.17, 15) is 9.59 Å². The lowest BCUT2D eigenvalue weighted by Gasteiger charge is -2.09. The monoisotopic (exact) mass is 380 g/mol. The predicted octanol–water partition coefficient (Wildman–Crippen LogP) is 4.31. The van der Waals surface area contributed by atoms with Crippen LogP contribution in [0.15, 0.2) is 73.1 Å². The zero-order valence-corrected chi connectivity index (χ0v) is 15.0. The molecule has 0 fully saturated rings. The van der Waals surface area contributed by atoms with Crippen LogP contribution >= 0.6 is 11.6 Å². The van der Waals surface area contributed by atoms with Gasteiger partial charge in [0.1, 0.15) is 0 Å². The van der Waals surface area contributed by atoms with Crippen LogP contribution in [-0.4, -0.2) is 16.9 Å². The summed E-state index contributed by atoms with van der Waals surface area (Å²) in [6, 6.07) is 16.8. The topological polar surface area (TPSA) is 83.1 Å². The number of carbonyl (C=O) groups is 2. The molecule has 3 amide bonds. The highest BCUT2D eigenvalue weighted by Crippen LogP contribution is 2.16. The van der Waals surface area contributed by atoms with Gasteiger partial charge in [-0.15, -0.1) is 0 Å². The molecule has 0 saturated heterocycles. The molecule has 0 unspecified atom stereocenters. The van der Waals surface area contributed by atoms with E-state index in [4.69, 9.17) is 11.6 Å². The molecule has 0 aliphatic heterocycles. The van der Waals surface area contributed by atoms with E-state index in [0.29, 0.717) is 28.5 Å². The number of nitrogens with one attached hydrogen (secondary N) is 3. The van der Waals surface area contributed by atoms with Gasteiger partial charge >= 0.3 is 6.03 Å². The van der Waals surface area contributed by atoms with Gasteiger partial charge in [0.25, 0.3) is 5.91 Å². The van der Waals surface area contributed by atoms with Gasteiger partial charge in [0.05, 0.1) is 0 Å². The van der Waals surface area contributed by atoms with Crippen LogP contribution in [0.25, 0.3) is 0 Å². The van der Waals surface area contributed by atoms with E-state index in [1.807, 2.05) is 12.1 Å². The van der Waals surface area contributed by atoms with Crippen molar-refractivity contribution >= 4 is 34.9 Å². The summed E-state index contributed by atoms with van der Waals surface area (Å²) in [5.41, 5.74) is 2.62. The summed E-state index contributed by atoms with van der Waals surface area (Å²) in [4.78, 5) is 28.1. The smallest absolute Gasteiger partial charge is 0.319 e. The van der Waals surface area contributed by atoms with E-state index in [0.717, 1.165) is 5.56 Å². The van der Waals surface area contributed by atoms with Crippen molar-refractivity contribution < 1.29 is 9.59 Å². The Balaban J connectivity index is 1.53. The lowest BCUT2D eigenvalue weighted by molar-refractivity contribution is 0.102. The van der Waals surface area contributed by atoms with Crippen LogP contribution in [0.1, 0.15) is 15.9 Å². The van der Waals surface area contributed by atoms with E-state index in [1.54, 1.807) is 60.9 Å². The van der Waals surface area contributed by atoms with Gasteiger partial charge in [-0.05, 0) is 60.2 Å². The third-order valence-corrected chi connectivity index (χ3v) is 3.92. The number of benzene rings is 2. The summed E-state index contributed by atoms with van der Waals surface area (Å²) in [7, 11) is 0. The van der Waals surface area contributed by atoms with Crippen molar-refractivity contribution in [3.8, 4) is 0 Å². The Morgan fingerprint density at radius 2 is 1.63 bits per heavy atom. The molecular formula is C20H17ClN4O2. The molecule has 136 valence electrons. The fourth-order valence-electron chi connectivity index (χ4n) is 2.33. The molecule has 6 nitrogen and oxygen atoms in total. The SMILES string of the molecule is O=C(NCc1ccncc1)Nc1ccc(C(=O)Nc2cccc(Cl)c2)cc1. The standard InChI is InChI=1S/C20H17ClN4O2/c21-16-2-1-3-18(12-16)24-19(26)15-4-6-17(7-5-15)25-20(27)23-13-14-8-10-22-11-9-14/h1-12H,13H2,(H,24,26)(H2,23,25,27). The average molecular weight is 381 g/mol. The first kappa shape index (κ1) is 18.4. The zero-order chi connectivity index (χ0) is 19.1. The Bertz CT molecular complexity index is 930. The number of nitrogens with zero attached hydrogens (tertiary/aromatic N) is 1. The van der Waals surface area contributed by atoms with Gasteiger partial charge in [-0.2, -0.15) is 0 Å². The van der Waals surface area contributed by atoms with E-state index in [2.05, 4.69) is 20.9 Å². The summed E-state index contributed by atoms with van der Waals surface area (Å²) in [5, 5.41) is 8.79. The Morgan fingerprint density at radius 1 is 0.889 bits per heavy atom. The van der Waals surface area contributed by atoms with Crippen molar-refractivity contribution in [2.24, 2.45) is 0 Å². The third kappa shape index (κ3) is 5.55. The third-order valence-electron chi connectivity index (χ3n) is 3.69. The van der Waals surface area contributed by atoms with Gasteiger partial charge in [-0.1, -0.05) is 17.7 Å². The fraction of sp³-hybridized carbons (Fsp3) is 0.0500. The number of pyridine rings is 1. The van der Waals surface area contributed by atoms with Crippen LogP contribution in [0.4, 0.5) is 16.2 Å². The molecule has 7 heteroatoms. The molecule has 0 aliphatic carbocycles. The molecule has 3 N–H and O–H groups in total. The van der Waals surface area contributed by atoms with Crippen LogP contribution in [0.3, 0.4) is 0 Å². The zero-order valence-electron chi connectivity index (χ0n) is 14.3. The molecule has 1 heterocycles. The molecule has 0 spiro atoms. The van der Waals surface area contributed by atoms with E-state index in [-0.39, 0.29) is 11.9 Å². The summed E-state index contributed by atoms with van der Waals surface area (Å²) in [6.45, 7) is 0.397. The number of carbonyl (C=O) groups excluding carboxylic acids is 2. The Labute approximate surface area is 161 Å². The highest BCUT2D eigenvalue weighted by molar-refractivity contribution is 6.31. The van der Waals surface area contributed by atoms with Crippen LogP contribution in [-0.2, 0) is 6.54 Å². The number of hydrogen-bond donors (Lipinski definition) is 3. The van der Waals surface area contributed by atoms with E-state index < -0.39 is 0 Å². The molecule has 0 bridgehead atoms. The van der Waals surface area contributed by atoms with Crippen LogP contribution in [0, 0.1) is 0 Å². The Kier molecular flexibility index (Phi) is 6.02. The maximum atomic E-state index is 12.3. The van der Waals surface area contributed by atoms with E-state index in [1.165, 1.54) is 0 Å². The van der Waals surface area contributed by atoms with Crippen LogP contribution in [0.2, 0.25) is 5.02 Å². The molecule has 1 aromatic heterocycles. The van der Waals surface area contributed by atoms with Crippen LogP contribution in [0.5, 0.6) is 0 Å². The second-order valence-corrected chi connectivity index (χ2v) is 6.14.